The van der Waals surface area contributed by atoms with Crippen LogP contribution in [-0.4, -0.2) is 64.1 Å². The first-order valence-corrected chi connectivity index (χ1v) is 22.4. The van der Waals surface area contributed by atoms with Crippen molar-refractivity contribution < 1.29 is 4.42 Å². The van der Waals surface area contributed by atoms with Gasteiger partial charge in [-0.3, -0.25) is 0 Å². The fraction of sp³-hybridized carbons (Fsp3) is 0. The van der Waals surface area contributed by atoms with Crippen molar-refractivity contribution in [3.8, 4) is 44.8 Å². The van der Waals surface area contributed by atoms with E-state index in [0.717, 1.165) is 27.6 Å². The summed E-state index contributed by atoms with van der Waals surface area (Å²) in [5.74, 6) is 0. The molecule has 0 spiro atoms. The molecule has 0 radical (unpaired) electrons. The van der Waals surface area contributed by atoms with E-state index in [1.165, 1.54) is 121 Å². The monoisotopic (exact) mass is 810 g/mol. The zero-order valence-corrected chi connectivity index (χ0v) is 37.4. The van der Waals surface area contributed by atoms with Crippen molar-refractivity contribution in [3.05, 3.63) is 164 Å². The summed E-state index contributed by atoms with van der Waals surface area (Å²) in [6.07, 6.45) is 0. The minimum atomic E-state index is 0.907. The van der Waals surface area contributed by atoms with Gasteiger partial charge in [-0.25, -0.2) is 0 Å². The fourth-order valence-corrected chi connectivity index (χ4v) is 11.1. The molecular weight excluding hydrogens is 768 g/mol. The summed E-state index contributed by atoms with van der Waals surface area (Å²) in [4.78, 5) is 0. The molecular formula is C54H41B7N2O. The van der Waals surface area contributed by atoms with Crippen molar-refractivity contribution in [2.24, 2.45) is 0 Å². The van der Waals surface area contributed by atoms with Gasteiger partial charge >= 0.3 is 0 Å². The number of nitrogens with zero attached hydrogens (tertiary/aromatic N) is 2. The Morgan fingerprint density at radius 3 is 1.72 bits per heavy atom. The van der Waals surface area contributed by atoms with E-state index in [9.17, 15) is 0 Å². The third-order valence-corrected chi connectivity index (χ3v) is 14.6. The summed E-state index contributed by atoms with van der Waals surface area (Å²) in [6.45, 7) is 0. The highest BCUT2D eigenvalue weighted by Crippen LogP contribution is 2.41. The predicted molar refractivity (Wildman–Crippen MR) is 296 cm³/mol. The minimum Gasteiger partial charge on any atom is -0.456 e. The summed E-state index contributed by atoms with van der Waals surface area (Å²) < 4.78 is 11.6. The Hall–Kier alpha value is -7.17. The number of fused-ring (bicyclic) bond motifs is 9. The Morgan fingerprint density at radius 1 is 0.328 bits per heavy atom. The first-order chi connectivity index (χ1) is 31.2. The summed E-state index contributed by atoms with van der Waals surface area (Å²) in [7, 11) is 16.3. The molecule has 9 aromatic carbocycles. The maximum atomic E-state index is 6.51. The molecule has 0 atom stereocenters. The van der Waals surface area contributed by atoms with Gasteiger partial charge in [0, 0.05) is 38.1 Å². The molecule has 64 heavy (non-hydrogen) atoms. The third-order valence-electron chi connectivity index (χ3n) is 14.6. The molecule has 12 aromatic rings. The van der Waals surface area contributed by atoms with E-state index in [-0.39, 0.29) is 0 Å². The topological polar surface area (TPSA) is 23.0 Å². The first-order valence-electron chi connectivity index (χ1n) is 22.4. The molecule has 0 aliphatic carbocycles. The molecule has 0 N–H and O–H groups in total. The van der Waals surface area contributed by atoms with Crippen LogP contribution in [0, 0.1) is 0 Å². The molecule has 0 aliphatic heterocycles. The van der Waals surface area contributed by atoms with Crippen molar-refractivity contribution in [2.45, 2.75) is 0 Å². The van der Waals surface area contributed by atoms with Crippen LogP contribution in [0.5, 0.6) is 0 Å². The maximum Gasteiger partial charge on any atom is 0.141 e. The quantitative estimate of drug-likeness (QED) is 0.246. The lowest BCUT2D eigenvalue weighted by Gasteiger charge is -2.19. The summed E-state index contributed by atoms with van der Waals surface area (Å²) in [6, 6.07) is 59.6. The zero-order chi connectivity index (χ0) is 43.5. The van der Waals surface area contributed by atoms with Crippen LogP contribution >= 0.6 is 0 Å². The van der Waals surface area contributed by atoms with Gasteiger partial charge in [0.15, 0.2) is 0 Å². The number of hydrogen-bond acceptors (Lipinski definition) is 1. The van der Waals surface area contributed by atoms with E-state index in [4.69, 9.17) is 4.42 Å². The predicted octanol–water partition coefficient (Wildman–Crippen LogP) is 2.59. The van der Waals surface area contributed by atoms with E-state index < -0.39 is 0 Å². The molecule has 12 rings (SSSR count). The van der Waals surface area contributed by atoms with Crippen molar-refractivity contribution in [2.75, 3.05) is 0 Å². The molecule has 0 bridgehead atoms. The highest BCUT2D eigenvalue weighted by molar-refractivity contribution is 6.69. The van der Waals surface area contributed by atoms with Crippen molar-refractivity contribution in [1.82, 2.24) is 9.13 Å². The molecule has 3 aromatic heterocycles. The number of para-hydroxylation sites is 2. The Labute approximate surface area is 379 Å². The highest BCUT2D eigenvalue weighted by Gasteiger charge is 2.27. The smallest absolute Gasteiger partial charge is 0.141 e. The van der Waals surface area contributed by atoms with Gasteiger partial charge in [-0.15, -0.1) is 5.46 Å². The summed E-state index contributed by atoms with van der Waals surface area (Å²) >= 11 is 0. The molecule has 0 saturated carbocycles. The first kappa shape index (κ1) is 38.5. The standard InChI is InChI=1S/C54H41B7N2O/c55-46-42(47(56)51(60)53-44(46)45-48(57)49(58)50(59)52(61)54(45)63(53)38-19-11-21-41-43(38)34-17-8-10-20-40(34)64-41)31-23-25-37-35(26-31)33-24-22-30(28-12-3-1-4-13-28)27-39(33)62(37)36-18-9-7-16-32(36)29-14-5-2-6-15-29/h1-27H,55-61H2. The number of rotatable bonds is 5. The Balaban J connectivity index is 1.17. The van der Waals surface area contributed by atoms with Gasteiger partial charge in [0.1, 0.15) is 66.1 Å². The van der Waals surface area contributed by atoms with E-state index in [0.29, 0.717) is 0 Å². The second-order valence-electron chi connectivity index (χ2n) is 17.8. The zero-order valence-electron chi connectivity index (χ0n) is 37.4. The number of furan rings is 1. The molecule has 10 heteroatoms. The van der Waals surface area contributed by atoms with Crippen LogP contribution in [0.2, 0.25) is 0 Å². The van der Waals surface area contributed by atoms with Crippen molar-refractivity contribution in [1.29, 1.82) is 0 Å². The maximum absolute atomic E-state index is 6.51. The molecule has 0 fully saturated rings. The highest BCUT2D eigenvalue weighted by atomic mass is 16.3. The van der Waals surface area contributed by atoms with Crippen LogP contribution in [0.3, 0.4) is 0 Å². The van der Waals surface area contributed by atoms with Gasteiger partial charge in [-0.1, -0.05) is 154 Å². The SMILES string of the molecule is Bc1c(B)c(B)c2c(c1B)c1c(B)c(-c3ccc4c(c3)c3ccc(-c5ccccc5)cc3n4-c3ccccc3-c3ccccc3)c(B)c(B)c1n2-c1cccc2oc3ccccc3c12. The van der Waals surface area contributed by atoms with Gasteiger partial charge in [0.05, 0.1) is 27.8 Å². The number of benzene rings is 9. The average molecular weight is 810 g/mol. The lowest BCUT2D eigenvalue weighted by atomic mass is 9.64. The van der Waals surface area contributed by atoms with Crippen LogP contribution in [0.1, 0.15) is 0 Å². The molecule has 3 nitrogen and oxygen atoms in total. The lowest BCUT2D eigenvalue weighted by Crippen LogP contribution is -2.48. The van der Waals surface area contributed by atoms with Gasteiger partial charge < -0.3 is 13.6 Å². The molecule has 0 unspecified atom stereocenters. The van der Waals surface area contributed by atoms with E-state index >= 15 is 0 Å². The molecule has 0 amide bonds. The van der Waals surface area contributed by atoms with Crippen molar-refractivity contribution in [3.63, 3.8) is 0 Å². The van der Waals surface area contributed by atoms with Crippen LogP contribution in [0.15, 0.2) is 168 Å². The van der Waals surface area contributed by atoms with Gasteiger partial charge in [0.2, 0.25) is 0 Å². The average Bonchev–Trinajstić information content (AvgIpc) is 4.01. The molecule has 0 aliphatic rings. The normalized spacial score (nSPS) is 11.9. The van der Waals surface area contributed by atoms with Crippen LogP contribution in [-0.2, 0) is 0 Å². The Morgan fingerprint density at radius 2 is 0.938 bits per heavy atom. The Kier molecular flexibility index (Phi) is 8.69. The van der Waals surface area contributed by atoms with E-state index in [1.54, 1.807) is 0 Å². The van der Waals surface area contributed by atoms with Gasteiger partial charge in [-0.2, -0.15) is 0 Å². The third kappa shape index (κ3) is 5.45. The second kappa shape index (κ2) is 14.4. The van der Waals surface area contributed by atoms with Crippen LogP contribution in [0.4, 0.5) is 0 Å². The van der Waals surface area contributed by atoms with Gasteiger partial charge in [0.25, 0.3) is 0 Å². The van der Waals surface area contributed by atoms with Crippen LogP contribution in [0.25, 0.3) is 110 Å². The molecule has 3 heterocycles. The lowest BCUT2D eigenvalue weighted by molar-refractivity contribution is 0.669. The number of aromatic nitrogens is 2. The van der Waals surface area contributed by atoms with Gasteiger partial charge in [-0.05, 0) is 75.7 Å². The minimum absolute atomic E-state index is 0.907. The molecule has 0 saturated heterocycles. The van der Waals surface area contributed by atoms with Crippen molar-refractivity contribution >= 4 is 159 Å². The Bertz CT molecular complexity index is 3930. The largest absolute Gasteiger partial charge is 0.456 e. The second-order valence-corrected chi connectivity index (χ2v) is 17.8. The number of hydrogen-bond donors (Lipinski definition) is 0. The van der Waals surface area contributed by atoms with Crippen LogP contribution < -0.4 is 38.2 Å². The van der Waals surface area contributed by atoms with E-state index in [1.807, 2.05) is 0 Å². The molecule has 294 valence electrons. The fourth-order valence-electron chi connectivity index (χ4n) is 11.1. The summed E-state index contributed by atoms with van der Waals surface area (Å²) in [5, 5.41) is 7.43. The van der Waals surface area contributed by atoms with E-state index in [2.05, 4.69) is 228 Å². The summed E-state index contributed by atoms with van der Waals surface area (Å²) in [5.41, 5.74) is 25.7.